The minimum atomic E-state index is -0.536. The Morgan fingerprint density at radius 1 is 0.960 bits per heavy atom. The van der Waals surface area contributed by atoms with Crippen molar-refractivity contribution in [3.8, 4) is 0 Å². The number of nitrogens with one attached hydrogen (secondary N) is 2. The summed E-state index contributed by atoms with van der Waals surface area (Å²) in [5.74, 6) is -0.690. The van der Waals surface area contributed by atoms with Gasteiger partial charge >= 0.3 is 0 Å². The van der Waals surface area contributed by atoms with Crippen LogP contribution in [-0.2, 0) is 4.74 Å². The monoisotopic (exact) mass is 344 g/mol. The Balaban J connectivity index is 1.55. The molecule has 0 saturated carbocycles. The van der Waals surface area contributed by atoms with E-state index in [-0.39, 0.29) is 5.56 Å². The standard InChI is InChI=1S/C17H17FN4O3/c18-14-4-1-12(2-5-14)16(23)20-21-17(24)13-3-6-15(19-11-13)22-7-9-25-10-8-22/h1-6,11H,7-10H2,(H,20,23)(H,21,24). The van der Waals surface area contributed by atoms with E-state index in [9.17, 15) is 14.0 Å². The van der Waals surface area contributed by atoms with Gasteiger partial charge in [-0.1, -0.05) is 0 Å². The van der Waals surface area contributed by atoms with Gasteiger partial charge in [-0.3, -0.25) is 20.4 Å². The van der Waals surface area contributed by atoms with E-state index in [4.69, 9.17) is 4.74 Å². The van der Waals surface area contributed by atoms with Crippen molar-refractivity contribution in [1.82, 2.24) is 15.8 Å². The molecule has 2 N–H and O–H groups in total. The molecule has 0 unspecified atom stereocenters. The smallest absolute Gasteiger partial charge is 0.271 e. The minimum Gasteiger partial charge on any atom is -0.378 e. The predicted octanol–water partition coefficient (Wildman–Crippen LogP) is 1.13. The predicted molar refractivity (Wildman–Crippen MR) is 88.6 cm³/mol. The van der Waals surface area contributed by atoms with Crippen LogP contribution in [0.5, 0.6) is 0 Å². The lowest BCUT2D eigenvalue weighted by molar-refractivity contribution is 0.0846. The lowest BCUT2D eigenvalue weighted by Gasteiger charge is -2.27. The van der Waals surface area contributed by atoms with Gasteiger partial charge < -0.3 is 9.64 Å². The first-order valence-corrected chi connectivity index (χ1v) is 7.78. The molecule has 2 aromatic rings. The van der Waals surface area contributed by atoms with Crippen LogP contribution in [0.25, 0.3) is 0 Å². The summed E-state index contributed by atoms with van der Waals surface area (Å²) in [7, 11) is 0. The van der Waals surface area contributed by atoms with Crippen LogP contribution >= 0.6 is 0 Å². The number of pyridine rings is 1. The van der Waals surface area contributed by atoms with E-state index in [0.29, 0.717) is 18.8 Å². The van der Waals surface area contributed by atoms with Gasteiger partial charge in [-0.25, -0.2) is 9.37 Å². The summed E-state index contributed by atoms with van der Waals surface area (Å²) in [6.07, 6.45) is 1.45. The molecule has 1 saturated heterocycles. The average Bonchev–Trinajstić information content (AvgIpc) is 2.67. The molecule has 130 valence electrons. The molecule has 1 aromatic carbocycles. The zero-order valence-electron chi connectivity index (χ0n) is 13.4. The van der Waals surface area contributed by atoms with Crippen LogP contribution in [0, 0.1) is 5.82 Å². The zero-order chi connectivity index (χ0) is 17.6. The first kappa shape index (κ1) is 16.8. The molecule has 0 aliphatic carbocycles. The quantitative estimate of drug-likeness (QED) is 0.816. The molecule has 1 aliphatic rings. The molecule has 1 aliphatic heterocycles. The average molecular weight is 344 g/mol. The molecule has 1 fully saturated rings. The van der Waals surface area contributed by atoms with Crippen LogP contribution < -0.4 is 15.8 Å². The van der Waals surface area contributed by atoms with E-state index in [1.165, 1.54) is 30.5 Å². The topological polar surface area (TPSA) is 83.6 Å². The number of nitrogens with zero attached hydrogens (tertiary/aromatic N) is 2. The molecule has 0 atom stereocenters. The van der Waals surface area contributed by atoms with E-state index in [2.05, 4.69) is 20.7 Å². The summed E-state index contributed by atoms with van der Waals surface area (Å²) in [4.78, 5) is 30.3. The largest absolute Gasteiger partial charge is 0.378 e. The van der Waals surface area contributed by atoms with E-state index < -0.39 is 17.6 Å². The molecule has 8 heteroatoms. The maximum absolute atomic E-state index is 12.8. The third-order valence-electron chi connectivity index (χ3n) is 3.74. The first-order valence-electron chi connectivity index (χ1n) is 7.78. The fraction of sp³-hybridized carbons (Fsp3) is 0.235. The Bertz CT molecular complexity index is 743. The molecule has 25 heavy (non-hydrogen) atoms. The van der Waals surface area contributed by atoms with Crippen LogP contribution in [0.15, 0.2) is 42.6 Å². The third-order valence-corrected chi connectivity index (χ3v) is 3.74. The van der Waals surface area contributed by atoms with E-state index in [1.807, 2.05) is 0 Å². The van der Waals surface area contributed by atoms with Crippen LogP contribution in [0.2, 0.25) is 0 Å². The Labute approximate surface area is 143 Å². The van der Waals surface area contributed by atoms with Gasteiger partial charge in [0.25, 0.3) is 11.8 Å². The molecule has 2 amide bonds. The van der Waals surface area contributed by atoms with Crippen molar-refractivity contribution in [3.05, 3.63) is 59.5 Å². The lowest BCUT2D eigenvalue weighted by Crippen LogP contribution is -2.41. The molecule has 1 aromatic heterocycles. The van der Waals surface area contributed by atoms with Gasteiger partial charge in [0.1, 0.15) is 11.6 Å². The number of benzene rings is 1. The molecule has 0 bridgehead atoms. The number of morpholine rings is 1. The van der Waals surface area contributed by atoms with E-state index >= 15 is 0 Å². The number of ether oxygens (including phenoxy) is 1. The van der Waals surface area contributed by atoms with Gasteiger partial charge in [0.15, 0.2) is 0 Å². The highest BCUT2D eigenvalue weighted by Crippen LogP contribution is 2.13. The Morgan fingerprint density at radius 3 is 2.16 bits per heavy atom. The highest BCUT2D eigenvalue weighted by atomic mass is 19.1. The normalized spacial score (nSPS) is 14.0. The molecule has 2 heterocycles. The van der Waals surface area contributed by atoms with Crippen molar-refractivity contribution in [2.45, 2.75) is 0 Å². The highest BCUT2D eigenvalue weighted by Gasteiger charge is 2.14. The van der Waals surface area contributed by atoms with E-state index in [0.717, 1.165) is 18.9 Å². The number of rotatable bonds is 3. The van der Waals surface area contributed by atoms with Gasteiger partial charge in [-0.2, -0.15) is 0 Å². The second-order valence-corrected chi connectivity index (χ2v) is 5.42. The van der Waals surface area contributed by atoms with Gasteiger partial charge in [0.05, 0.1) is 18.8 Å². The maximum Gasteiger partial charge on any atom is 0.271 e. The molecule has 0 radical (unpaired) electrons. The van der Waals surface area contributed by atoms with Gasteiger partial charge in [0.2, 0.25) is 0 Å². The van der Waals surface area contributed by atoms with Crippen molar-refractivity contribution in [3.63, 3.8) is 0 Å². The molecular weight excluding hydrogens is 327 g/mol. The second-order valence-electron chi connectivity index (χ2n) is 5.42. The van der Waals surface area contributed by atoms with Crippen LogP contribution in [0.4, 0.5) is 10.2 Å². The number of amides is 2. The number of anilines is 1. The lowest BCUT2D eigenvalue weighted by atomic mass is 10.2. The van der Waals surface area contributed by atoms with Crippen LogP contribution in [0.3, 0.4) is 0 Å². The Morgan fingerprint density at radius 2 is 1.56 bits per heavy atom. The molecular formula is C17H17FN4O3. The van der Waals surface area contributed by atoms with Crippen molar-refractivity contribution >= 4 is 17.6 Å². The molecule has 0 spiro atoms. The SMILES string of the molecule is O=C(NNC(=O)c1ccc(N2CCOCC2)nc1)c1ccc(F)cc1. The summed E-state index contributed by atoms with van der Waals surface area (Å²) < 4.78 is 18.1. The number of aromatic nitrogens is 1. The third kappa shape index (κ3) is 4.30. The minimum absolute atomic E-state index is 0.238. The highest BCUT2D eigenvalue weighted by molar-refractivity contribution is 5.98. The number of hydrogen-bond acceptors (Lipinski definition) is 5. The van der Waals surface area contributed by atoms with Crippen molar-refractivity contribution < 1.29 is 18.7 Å². The molecule has 3 rings (SSSR count). The van der Waals surface area contributed by atoms with Crippen LogP contribution in [-0.4, -0.2) is 43.1 Å². The van der Waals surface area contributed by atoms with Crippen molar-refractivity contribution in [2.75, 3.05) is 31.2 Å². The summed E-state index contributed by atoms with van der Waals surface area (Å²) in [6, 6.07) is 8.39. The summed E-state index contributed by atoms with van der Waals surface area (Å²) in [5, 5.41) is 0. The van der Waals surface area contributed by atoms with E-state index in [1.54, 1.807) is 12.1 Å². The fourth-order valence-electron chi connectivity index (χ4n) is 2.36. The van der Waals surface area contributed by atoms with Crippen molar-refractivity contribution in [2.24, 2.45) is 0 Å². The number of carbonyl (C=O) groups excluding carboxylic acids is 2. The summed E-state index contributed by atoms with van der Waals surface area (Å²) in [5.41, 5.74) is 5.14. The molecule has 7 nitrogen and oxygen atoms in total. The Hall–Kier alpha value is -3.00. The first-order chi connectivity index (χ1) is 12.1. The van der Waals surface area contributed by atoms with Crippen LogP contribution in [0.1, 0.15) is 20.7 Å². The zero-order valence-corrected chi connectivity index (χ0v) is 13.4. The maximum atomic E-state index is 12.8. The summed E-state index contributed by atoms with van der Waals surface area (Å²) >= 11 is 0. The summed E-state index contributed by atoms with van der Waals surface area (Å²) in [6.45, 7) is 2.82. The van der Waals surface area contributed by atoms with Gasteiger partial charge in [-0.15, -0.1) is 0 Å². The van der Waals surface area contributed by atoms with Gasteiger partial charge in [-0.05, 0) is 36.4 Å². The Kier molecular flexibility index (Phi) is 5.20. The number of hydrazine groups is 1. The van der Waals surface area contributed by atoms with Crippen molar-refractivity contribution in [1.29, 1.82) is 0 Å². The number of halogens is 1. The number of hydrogen-bond donors (Lipinski definition) is 2. The van der Waals surface area contributed by atoms with Gasteiger partial charge in [0, 0.05) is 24.8 Å². The number of carbonyl (C=O) groups is 2. The fourth-order valence-corrected chi connectivity index (χ4v) is 2.36. The second kappa shape index (κ2) is 7.71.